The van der Waals surface area contributed by atoms with Crippen molar-refractivity contribution in [2.75, 3.05) is 26.9 Å². The van der Waals surface area contributed by atoms with Crippen molar-refractivity contribution in [2.45, 2.75) is 13.3 Å². The molecule has 0 saturated heterocycles. The molecule has 104 valence electrons. The SMILES string of the molecule is CCOC(=O)CC=Cc1ccc(OCCOC)cc1. The third-order valence-corrected chi connectivity index (χ3v) is 2.34. The average Bonchev–Trinajstić information content (AvgIpc) is 2.41. The van der Waals surface area contributed by atoms with E-state index in [2.05, 4.69) is 0 Å². The molecule has 4 nitrogen and oxygen atoms in total. The van der Waals surface area contributed by atoms with Gasteiger partial charge in [0.15, 0.2) is 0 Å². The highest BCUT2D eigenvalue weighted by atomic mass is 16.5. The Balaban J connectivity index is 2.39. The van der Waals surface area contributed by atoms with Gasteiger partial charge in [-0.05, 0) is 24.6 Å². The summed E-state index contributed by atoms with van der Waals surface area (Å²) in [4.78, 5) is 11.1. The Morgan fingerprint density at radius 1 is 1.21 bits per heavy atom. The Kier molecular flexibility index (Phi) is 7.35. The van der Waals surface area contributed by atoms with Crippen LogP contribution in [0.25, 0.3) is 6.08 Å². The van der Waals surface area contributed by atoms with Crippen molar-refractivity contribution < 1.29 is 19.0 Å². The molecule has 0 atom stereocenters. The van der Waals surface area contributed by atoms with E-state index in [-0.39, 0.29) is 5.97 Å². The molecule has 0 N–H and O–H groups in total. The van der Waals surface area contributed by atoms with Crippen LogP contribution in [0.4, 0.5) is 0 Å². The second-order valence-corrected chi connectivity index (χ2v) is 3.82. The van der Waals surface area contributed by atoms with Crippen LogP contribution < -0.4 is 4.74 Å². The number of hydrogen-bond acceptors (Lipinski definition) is 4. The van der Waals surface area contributed by atoms with E-state index in [9.17, 15) is 4.79 Å². The molecule has 0 aliphatic carbocycles. The van der Waals surface area contributed by atoms with Crippen LogP contribution in [-0.4, -0.2) is 32.9 Å². The molecule has 0 aliphatic rings. The quantitative estimate of drug-likeness (QED) is 0.535. The van der Waals surface area contributed by atoms with Gasteiger partial charge in [-0.2, -0.15) is 0 Å². The van der Waals surface area contributed by atoms with Crippen LogP contribution in [0.2, 0.25) is 0 Å². The molecule has 0 heterocycles. The summed E-state index contributed by atoms with van der Waals surface area (Å²) in [5.74, 6) is 0.595. The molecule has 0 radical (unpaired) electrons. The lowest BCUT2D eigenvalue weighted by Gasteiger charge is -2.05. The lowest BCUT2D eigenvalue weighted by Crippen LogP contribution is -2.03. The second kappa shape index (κ2) is 9.16. The maximum absolute atomic E-state index is 11.1. The van der Waals surface area contributed by atoms with Gasteiger partial charge < -0.3 is 14.2 Å². The van der Waals surface area contributed by atoms with Gasteiger partial charge in [0.1, 0.15) is 12.4 Å². The number of hydrogen-bond donors (Lipinski definition) is 0. The first-order valence-corrected chi connectivity index (χ1v) is 6.30. The number of carbonyl (C=O) groups excluding carboxylic acids is 1. The summed E-state index contributed by atoms with van der Waals surface area (Å²) < 4.78 is 15.2. The summed E-state index contributed by atoms with van der Waals surface area (Å²) >= 11 is 0. The average molecular weight is 264 g/mol. The first-order chi connectivity index (χ1) is 9.26. The Hall–Kier alpha value is -1.81. The van der Waals surface area contributed by atoms with E-state index in [1.54, 1.807) is 20.1 Å². The Morgan fingerprint density at radius 2 is 1.95 bits per heavy atom. The van der Waals surface area contributed by atoms with Crippen molar-refractivity contribution in [1.29, 1.82) is 0 Å². The van der Waals surface area contributed by atoms with Gasteiger partial charge in [-0.3, -0.25) is 4.79 Å². The van der Waals surface area contributed by atoms with Crippen LogP contribution in [0.15, 0.2) is 30.3 Å². The first kappa shape index (κ1) is 15.2. The van der Waals surface area contributed by atoms with Crippen LogP contribution in [0.5, 0.6) is 5.75 Å². The van der Waals surface area contributed by atoms with E-state index < -0.39 is 0 Å². The molecule has 0 spiro atoms. The molecule has 0 saturated carbocycles. The number of rotatable bonds is 8. The fourth-order valence-corrected chi connectivity index (χ4v) is 1.43. The second-order valence-electron chi connectivity index (χ2n) is 3.82. The number of ether oxygens (including phenoxy) is 3. The maximum atomic E-state index is 11.1. The Bertz CT molecular complexity index is 395. The van der Waals surface area contributed by atoms with Crippen LogP contribution in [0.1, 0.15) is 18.9 Å². The number of carbonyl (C=O) groups is 1. The van der Waals surface area contributed by atoms with Gasteiger partial charge in [0, 0.05) is 7.11 Å². The van der Waals surface area contributed by atoms with Gasteiger partial charge in [-0.15, -0.1) is 0 Å². The predicted molar refractivity (Wildman–Crippen MR) is 74.1 cm³/mol. The standard InChI is InChI=1S/C15H20O4/c1-3-18-15(16)6-4-5-13-7-9-14(10-8-13)19-12-11-17-2/h4-5,7-10H,3,6,11-12H2,1-2H3. The predicted octanol–water partition coefficient (Wildman–Crippen LogP) is 2.68. The van der Waals surface area contributed by atoms with Crippen LogP contribution in [0, 0.1) is 0 Å². The van der Waals surface area contributed by atoms with E-state index in [4.69, 9.17) is 14.2 Å². The molecule has 0 aliphatic heterocycles. The van der Waals surface area contributed by atoms with E-state index in [1.165, 1.54) is 0 Å². The van der Waals surface area contributed by atoms with Gasteiger partial charge in [0.05, 0.1) is 19.6 Å². The zero-order valence-electron chi connectivity index (χ0n) is 11.4. The largest absolute Gasteiger partial charge is 0.491 e. The Labute approximate surface area is 114 Å². The van der Waals surface area contributed by atoms with Crippen molar-refractivity contribution in [2.24, 2.45) is 0 Å². The molecular formula is C15H20O4. The van der Waals surface area contributed by atoms with Gasteiger partial charge in [-0.1, -0.05) is 24.3 Å². The van der Waals surface area contributed by atoms with Crippen molar-refractivity contribution in [3.63, 3.8) is 0 Å². The summed E-state index contributed by atoms with van der Waals surface area (Å²) in [6.45, 7) is 3.32. The molecule has 0 amide bonds. The molecule has 1 rings (SSSR count). The molecule has 0 unspecified atom stereocenters. The number of esters is 1. The number of benzene rings is 1. The molecule has 4 heteroatoms. The van der Waals surface area contributed by atoms with Crippen LogP contribution >= 0.6 is 0 Å². The minimum Gasteiger partial charge on any atom is -0.491 e. The fraction of sp³-hybridized carbons (Fsp3) is 0.400. The van der Waals surface area contributed by atoms with E-state index >= 15 is 0 Å². The summed E-state index contributed by atoms with van der Waals surface area (Å²) in [6.07, 6.45) is 3.97. The highest BCUT2D eigenvalue weighted by molar-refractivity contribution is 5.72. The molecule has 1 aromatic carbocycles. The monoisotopic (exact) mass is 264 g/mol. The van der Waals surface area contributed by atoms with Gasteiger partial charge >= 0.3 is 5.97 Å². The highest BCUT2D eigenvalue weighted by Crippen LogP contribution is 2.13. The van der Waals surface area contributed by atoms with E-state index in [0.717, 1.165) is 11.3 Å². The minimum absolute atomic E-state index is 0.210. The zero-order valence-corrected chi connectivity index (χ0v) is 11.4. The molecule has 0 aromatic heterocycles. The summed E-state index contributed by atoms with van der Waals surface area (Å²) in [7, 11) is 1.64. The minimum atomic E-state index is -0.210. The summed E-state index contributed by atoms with van der Waals surface area (Å²) in [5, 5.41) is 0. The maximum Gasteiger partial charge on any atom is 0.309 e. The van der Waals surface area contributed by atoms with Crippen molar-refractivity contribution >= 4 is 12.0 Å². The molecular weight excluding hydrogens is 244 g/mol. The fourth-order valence-electron chi connectivity index (χ4n) is 1.43. The lowest BCUT2D eigenvalue weighted by molar-refractivity contribution is -0.142. The van der Waals surface area contributed by atoms with Crippen molar-refractivity contribution in [3.05, 3.63) is 35.9 Å². The molecule has 0 fully saturated rings. The van der Waals surface area contributed by atoms with Crippen molar-refractivity contribution in [3.8, 4) is 5.75 Å². The normalized spacial score (nSPS) is 10.6. The third-order valence-electron chi connectivity index (χ3n) is 2.34. The molecule has 19 heavy (non-hydrogen) atoms. The van der Waals surface area contributed by atoms with E-state index in [1.807, 2.05) is 30.3 Å². The van der Waals surface area contributed by atoms with Crippen LogP contribution in [0.3, 0.4) is 0 Å². The first-order valence-electron chi connectivity index (χ1n) is 6.30. The lowest BCUT2D eigenvalue weighted by atomic mass is 10.2. The third kappa shape index (κ3) is 6.62. The van der Waals surface area contributed by atoms with E-state index in [0.29, 0.717) is 26.2 Å². The molecule has 0 bridgehead atoms. The number of methoxy groups -OCH3 is 1. The summed E-state index contributed by atoms with van der Waals surface area (Å²) in [5.41, 5.74) is 1.02. The molecule has 1 aromatic rings. The summed E-state index contributed by atoms with van der Waals surface area (Å²) in [6, 6.07) is 7.65. The van der Waals surface area contributed by atoms with Gasteiger partial charge in [-0.25, -0.2) is 0 Å². The smallest absolute Gasteiger partial charge is 0.309 e. The Morgan fingerprint density at radius 3 is 2.58 bits per heavy atom. The zero-order chi connectivity index (χ0) is 13.9. The highest BCUT2D eigenvalue weighted by Gasteiger charge is 1.97. The van der Waals surface area contributed by atoms with Crippen LogP contribution in [-0.2, 0) is 14.3 Å². The van der Waals surface area contributed by atoms with Gasteiger partial charge in [0.2, 0.25) is 0 Å². The van der Waals surface area contributed by atoms with Crippen molar-refractivity contribution in [1.82, 2.24) is 0 Å². The van der Waals surface area contributed by atoms with Gasteiger partial charge in [0.25, 0.3) is 0 Å². The topological polar surface area (TPSA) is 44.8 Å².